The van der Waals surface area contributed by atoms with Crippen LogP contribution in [0.4, 0.5) is 4.39 Å². The molecular weight excluding hydrogens is 351 g/mol. The number of benzene rings is 1. The molecule has 22 heavy (non-hydrogen) atoms. The maximum absolute atomic E-state index is 13.1. The zero-order valence-corrected chi connectivity index (χ0v) is 12.8. The average molecular weight is 361 g/mol. The second-order valence-electron chi connectivity index (χ2n) is 4.60. The molecule has 0 fully saturated rings. The number of carbonyl (C=O) groups is 1. The number of carboxylic acid groups (broad SMARTS) is 1. The molecule has 0 atom stereocenters. The Morgan fingerprint density at radius 3 is 2.64 bits per heavy atom. The standard InChI is InChI=1S/C16H10BrFN2O2/c17-11-3-7-14-19-16(10-1-4-12(18)5-2-10)13(20(14)9-11)6-8-15(21)22/h1-9H,(H,21,22). The van der Waals surface area contributed by atoms with Crippen molar-refractivity contribution in [1.82, 2.24) is 9.38 Å². The van der Waals surface area contributed by atoms with E-state index in [4.69, 9.17) is 5.11 Å². The number of hydrogen-bond acceptors (Lipinski definition) is 2. The molecule has 0 unspecified atom stereocenters. The SMILES string of the molecule is O=C(O)C=Cc1c(-c2ccc(F)cc2)nc2ccc(Br)cn12. The van der Waals surface area contributed by atoms with Crippen molar-refractivity contribution in [2.45, 2.75) is 0 Å². The minimum absolute atomic E-state index is 0.335. The molecule has 0 aliphatic heterocycles. The van der Waals surface area contributed by atoms with Gasteiger partial charge in [0.2, 0.25) is 0 Å². The zero-order valence-electron chi connectivity index (χ0n) is 11.2. The van der Waals surface area contributed by atoms with E-state index in [0.717, 1.165) is 10.5 Å². The van der Waals surface area contributed by atoms with Crippen LogP contribution in [0.25, 0.3) is 23.0 Å². The Balaban J connectivity index is 2.26. The largest absolute Gasteiger partial charge is 0.478 e. The molecule has 0 aliphatic carbocycles. The van der Waals surface area contributed by atoms with Gasteiger partial charge in [-0.1, -0.05) is 0 Å². The molecule has 2 aromatic heterocycles. The zero-order chi connectivity index (χ0) is 15.7. The van der Waals surface area contributed by atoms with Gasteiger partial charge in [-0.15, -0.1) is 0 Å². The number of halogens is 2. The molecule has 1 N–H and O–H groups in total. The summed E-state index contributed by atoms with van der Waals surface area (Å²) in [5.74, 6) is -1.38. The summed E-state index contributed by atoms with van der Waals surface area (Å²) in [5, 5.41) is 8.86. The van der Waals surface area contributed by atoms with Crippen LogP contribution < -0.4 is 0 Å². The van der Waals surface area contributed by atoms with E-state index in [-0.39, 0.29) is 5.82 Å². The second-order valence-corrected chi connectivity index (χ2v) is 5.52. The lowest BCUT2D eigenvalue weighted by Crippen LogP contribution is -1.91. The third-order valence-corrected chi connectivity index (χ3v) is 3.59. The number of fused-ring (bicyclic) bond motifs is 1. The predicted octanol–water partition coefficient (Wildman–Crippen LogP) is 4.00. The fourth-order valence-electron chi connectivity index (χ4n) is 2.17. The van der Waals surface area contributed by atoms with Crippen molar-refractivity contribution >= 4 is 33.6 Å². The van der Waals surface area contributed by atoms with Crippen molar-refractivity contribution < 1.29 is 14.3 Å². The van der Waals surface area contributed by atoms with Gasteiger partial charge in [0.1, 0.15) is 11.5 Å². The van der Waals surface area contributed by atoms with Crippen molar-refractivity contribution in [3.8, 4) is 11.3 Å². The van der Waals surface area contributed by atoms with E-state index in [1.807, 2.05) is 12.1 Å². The normalized spacial score (nSPS) is 11.4. The second kappa shape index (κ2) is 5.73. The van der Waals surface area contributed by atoms with Crippen molar-refractivity contribution in [3.63, 3.8) is 0 Å². The Morgan fingerprint density at radius 1 is 1.23 bits per heavy atom. The number of carboxylic acids is 1. The van der Waals surface area contributed by atoms with Crippen LogP contribution in [-0.4, -0.2) is 20.5 Å². The summed E-state index contributed by atoms with van der Waals surface area (Å²) in [5.41, 5.74) is 2.60. The van der Waals surface area contributed by atoms with E-state index in [2.05, 4.69) is 20.9 Å². The van der Waals surface area contributed by atoms with E-state index in [0.29, 0.717) is 22.6 Å². The highest BCUT2D eigenvalue weighted by Gasteiger charge is 2.12. The van der Waals surface area contributed by atoms with Gasteiger partial charge in [0.15, 0.2) is 0 Å². The molecule has 0 radical (unpaired) electrons. The van der Waals surface area contributed by atoms with Gasteiger partial charge in [-0.05, 0) is 58.4 Å². The van der Waals surface area contributed by atoms with Gasteiger partial charge >= 0.3 is 5.97 Å². The Kier molecular flexibility index (Phi) is 3.77. The minimum atomic E-state index is -1.05. The van der Waals surface area contributed by atoms with Crippen LogP contribution in [0.1, 0.15) is 5.69 Å². The third kappa shape index (κ3) is 2.78. The summed E-state index contributed by atoms with van der Waals surface area (Å²) >= 11 is 3.38. The Labute approximate surface area is 133 Å². The lowest BCUT2D eigenvalue weighted by atomic mass is 10.1. The van der Waals surface area contributed by atoms with Crippen LogP contribution >= 0.6 is 15.9 Å². The van der Waals surface area contributed by atoms with E-state index in [1.54, 1.807) is 22.7 Å². The molecule has 3 rings (SSSR count). The summed E-state index contributed by atoms with van der Waals surface area (Å²) in [6.45, 7) is 0. The Bertz CT molecular complexity index is 885. The van der Waals surface area contributed by atoms with Crippen LogP contribution in [0.2, 0.25) is 0 Å². The van der Waals surface area contributed by atoms with Gasteiger partial charge in [-0.25, -0.2) is 14.2 Å². The number of nitrogens with zero attached hydrogens (tertiary/aromatic N) is 2. The Hall–Kier alpha value is -2.47. The van der Waals surface area contributed by atoms with Gasteiger partial charge in [0, 0.05) is 22.3 Å². The predicted molar refractivity (Wildman–Crippen MR) is 85.0 cm³/mol. The lowest BCUT2D eigenvalue weighted by molar-refractivity contribution is -0.131. The monoisotopic (exact) mass is 360 g/mol. The molecule has 0 amide bonds. The van der Waals surface area contributed by atoms with Crippen molar-refractivity contribution in [2.75, 3.05) is 0 Å². The maximum atomic E-state index is 13.1. The quantitative estimate of drug-likeness (QED) is 0.718. The molecule has 0 saturated heterocycles. The molecule has 2 heterocycles. The number of imidazole rings is 1. The number of aliphatic carboxylic acids is 1. The van der Waals surface area contributed by atoms with Gasteiger partial charge in [-0.2, -0.15) is 0 Å². The summed E-state index contributed by atoms with van der Waals surface area (Å²) in [6.07, 6.45) is 4.34. The van der Waals surface area contributed by atoms with Gasteiger partial charge in [-0.3, -0.25) is 4.40 Å². The first-order valence-electron chi connectivity index (χ1n) is 6.39. The number of hydrogen-bond donors (Lipinski definition) is 1. The smallest absolute Gasteiger partial charge is 0.328 e. The van der Waals surface area contributed by atoms with Crippen molar-refractivity contribution in [2.24, 2.45) is 0 Å². The molecule has 110 valence electrons. The Morgan fingerprint density at radius 2 is 1.95 bits per heavy atom. The van der Waals surface area contributed by atoms with E-state index in [1.165, 1.54) is 18.2 Å². The van der Waals surface area contributed by atoms with Crippen LogP contribution in [-0.2, 0) is 4.79 Å². The molecule has 4 nitrogen and oxygen atoms in total. The number of aromatic nitrogens is 2. The molecule has 6 heteroatoms. The first-order valence-corrected chi connectivity index (χ1v) is 7.18. The average Bonchev–Trinajstić information content (AvgIpc) is 2.83. The van der Waals surface area contributed by atoms with Gasteiger partial charge in [0.05, 0.1) is 11.4 Å². The van der Waals surface area contributed by atoms with E-state index >= 15 is 0 Å². The summed E-state index contributed by atoms with van der Waals surface area (Å²) in [7, 11) is 0. The van der Waals surface area contributed by atoms with Crippen molar-refractivity contribution in [1.29, 1.82) is 0 Å². The summed E-state index contributed by atoms with van der Waals surface area (Å²) in [6, 6.07) is 9.59. The fourth-order valence-corrected chi connectivity index (χ4v) is 2.50. The summed E-state index contributed by atoms with van der Waals surface area (Å²) in [4.78, 5) is 15.3. The fraction of sp³-hybridized carbons (Fsp3) is 0. The van der Waals surface area contributed by atoms with E-state index < -0.39 is 5.97 Å². The minimum Gasteiger partial charge on any atom is -0.478 e. The molecule has 3 aromatic rings. The first-order chi connectivity index (χ1) is 10.5. The molecule has 0 spiro atoms. The first kappa shape index (κ1) is 14.5. The molecule has 0 saturated carbocycles. The highest BCUT2D eigenvalue weighted by atomic mass is 79.9. The number of pyridine rings is 1. The van der Waals surface area contributed by atoms with Gasteiger partial charge in [0.25, 0.3) is 0 Å². The molecule has 0 bridgehead atoms. The topological polar surface area (TPSA) is 54.6 Å². The van der Waals surface area contributed by atoms with Crippen LogP contribution in [0, 0.1) is 5.82 Å². The maximum Gasteiger partial charge on any atom is 0.328 e. The highest BCUT2D eigenvalue weighted by Crippen LogP contribution is 2.27. The molecule has 0 aliphatic rings. The van der Waals surface area contributed by atoms with Crippen LogP contribution in [0.5, 0.6) is 0 Å². The summed E-state index contributed by atoms with van der Waals surface area (Å²) < 4.78 is 15.7. The third-order valence-electron chi connectivity index (χ3n) is 3.12. The number of rotatable bonds is 3. The van der Waals surface area contributed by atoms with Crippen LogP contribution in [0.3, 0.4) is 0 Å². The van der Waals surface area contributed by atoms with Crippen molar-refractivity contribution in [3.05, 3.63) is 64.7 Å². The van der Waals surface area contributed by atoms with Crippen LogP contribution in [0.15, 0.2) is 53.1 Å². The molecular formula is C16H10BrFN2O2. The van der Waals surface area contributed by atoms with Gasteiger partial charge < -0.3 is 5.11 Å². The highest BCUT2D eigenvalue weighted by molar-refractivity contribution is 9.10. The van der Waals surface area contributed by atoms with E-state index in [9.17, 15) is 9.18 Å². The molecule has 1 aromatic carbocycles. The lowest BCUT2D eigenvalue weighted by Gasteiger charge is -2.01.